The Hall–Kier alpha value is -1.52. The third kappa shape index (κ3) is 3.22. The van der Waals surface area contributed by atoms with E-state index in [0.717, 1.165) is 0 Å². The highest BCUT2D eigenvalue weighted by atomic mass is 16.6. The van der Waals surface area contributed by atoms with Crippen LogP contribution in [0.1, 0.15) is 33.1 Å². The minimum atomic E-state index is -1.02. The van der Waals surface area contributed by atoms with Crippen LogP contribution < -0.4 is 0 Å². The zero-order chi connectivity index (χ0) is 13.2. The van der Waals surface area contributed by atoms with Crippen LogP contribution in [-0.2, 0) is 9.59 Å². The van der Waals surface area contributed by atoms with Gasteiger partial charge in [-0.1, -0.05) is 20.4 Å². The Kier molecular flexibility index (Phi) is 3.80. The molecule has 1 rings (SSSR count). The molecular formula is C12H17NO4. The molecule has 1 aliphatic carbocycles. The number of carbonyl (C=O) groups excluding carboxylic acids is 2. The number of hydrogen-bond donors (Lipinski definition) is 0. The highest BCUT2D eigenvalue weighted by molar-refractivity contribution is 6.05. The SMILES string of the molecule is C=CC(CC1C(=O)CC(C)(C)CC1=O)[N+](=O)[O-]. The van der Waals surface area contributed by atoms with Gasteiger partial charge in [-0.2, -0.15) is 0 Å². The molecular weight excluding hydrogens is 222 g/mol. The quantitative estimate of drug-likeness (QED) is 0.324. The molecule has 0 saturated heterocycles. The van der Waals surface area contributed by atoms with Crippen molar-refractivity contribution in [3.8, 4) is 0 Å². The molecule has 0 N–H and O–H groups in total. The van der Waals surface area contributed by atoms with Gasteiger partial charge >= 0.3 is 0 Å². The van der Waals surface area contributed by atoms with Crippen LogP contribution in [0, 0.1) is 21.4 Å². The third-order valence-electron chi connectivity index (χ3n) is 3.10. The molecule has 0 aromatic heterocycles. The van der Waals surface area contributed by atoms with Crippen molar-refractivity contribution in [1.29, 1.82) is 0 Å². The summed E-state index contributed by atoms with van der Waals surface area (Å²) in [6.07, 6.45) is 1.75. The van der Waals surface area contributed by atoms with Gasteiger partial charge in [-0.3, -0.25) is 19.7 Å². The fourth-order valence-corrected chi connectivity index (χ4v) is 2.20. The number of nitro groups is 1. The molecule has 5 nitrogen and oxygen atoms in total. The van der Waals surface area contributed by atoms with Gasteiger partial charge in [-0.25, -0.2) is 0 Å². The Bertz CT molecular complexity index is 353. The molecule has 0 aromatic rings. The molecule has 1 atom stereocenters. The molecule has 0 spiro atoms. The molecule has 1 aliphatic rings. The lowest BCUT2D eigenvalue weighted by Crippen LogP contribution is -2.40. The topological polar surface area (TPSA) is 77.3 Å². The van der Waals surface area contributed by atoms with Crippen molar-refractivity contribution in [3.05, 3.63) is 22.8 Å². The summed E-state index contributed by atoms with van der Waals surface area (Å²) in [5.74, 6) is -1.18. The summed E-state index contributed by atoms with van der Waals surface area (Å²) in [6, 6.07) is -1.02. The van der Waals surface area contributed by atoms with E-state index in [2.05, 4.69) is 6.58 Å². The number of hydrogen-bond acceptors (Lipinski definition) is 4. The summed E-state index contributed by atoms with van der Waals surface area (Å²) in [5.41, 5.74) is -0.317. The lowest BCUT2D eigenvalue weighted by Gasteiger charge is -2.31. The summed E-state index contributed by atoms with van der Waals surface area (Å²) in [4.78, 5) is 33.8. The van der Waals surface area contributed by atoms with Crippen LogP contribution in [0.15, 0.2) is 12.7 Å². The molecule has 0 aromatic carbocycles. The van der Waals surface area contributed by atoms with Gasteiger partial charge in [0.15, 0.2) is 0 Å². The van der Waals surface area contributed by atoms with Gasteiger partial charge in [0, 0.05) is 24.2 Å². The van der Waals surface area contributed by atoms with E-state index in [1.165, 1.54) is 6.08 Å². The molecule has 1 unspecified atom stereocenters. The summed E-state index contributed by atoms with van der Waals surface area (Å²) < 4.78 is 0. The summed E-state index contributed by atoms with van der Waals surface area (Å²) >= 11 is 0. The van der Waals surface area contributed by atoms with Crippen LogP contribution in [0.5, 0.6) is 0 Å². The van der Waals surface area contributed by atoms with E-state index >= 15 is 0 Å². The van der Waals surface area contributed by atoms with Crippen LogP contribution in [0.2, 0.25) is 0 Å². The van der Waals surface area contributed by atoms with Gasteiger partial charge < -0.3 is 0 Å². The van der Waals surface area contributed by atoms with Crippen molar-refractivity contribution in [3.63, 3.8) is 0 Å². The fourth-order valence-electron chi connectivity index (χ4n) is 2.20. The van der Waals surface area contributed by atoms with E-state index in [1.807, 2.05) is 13.8 Å². The maximum atomic E-state index is 11.8. The van der Waals surface area contributed by atoms with Crippen molar-refractivity contribution < 1.29 is 14.5 Å². The average molecular weight is 239 g/mol. The average Bonchev–Trinajstić information content (AvgIpc) is 2.14. The van der Waals surface area contributed by atoms with Gasteiger partial charge in [0.1, 0.15) is 11.6 Å². The number of ketones is 2. The first-order chi connectivity index (χ1) is 7.76. The van der Waals surface area contributed by atoms with Gasteiger partial charge in [0.2, 0.25) is 6.04 Å². The van der Waals surface area contributed by atoms with Crippen molar-refractivity contribution in [2.24, 2.45) is 11.3 Å². The first-order valence-electron chi connectivity index (χ1n) is 5.58. The van der Waals surface area contributed by atoms with Crippen molar-refractivity contribution >= 4 is 11.6 Å². The fraction of sp³-hybridized carbons (Fsp3) is 0.667. The van der Waals surface area contributed by atoms with E-state index in [1.54, 1.807) is 0 Å². The Balaban J connectivity index is 2.78. The van der Waals surface area contributed by atoms with E-state index < -0.39 is 16.9 Å². The number of rotatable bonds is 4. The highest BCUT2D eigenvalue weighted by Gasteiger charge is 2.41. The summed E-state index contributed by atoms with van der Waals surface area (Å²) in [6.45, 7) is 7.08. The maximum absolute atomic E-state index is 11.8. The first kappa shape index (κ1) is 13.5. The largest absolute Gasteiger partial charge is 0.299 e. The predicted molar refractivity (Wildman–Crippen MR) is 62.1 cm³/mol. The molecule has 94 valence electrons. The Labute approximate surface area is 100 Å². The van der Waals surface area contributed by atoms with Crippen LogP contribution in [0.25, 0.3) is 0 Å². The zero-order valence-electron chi connectivity index (χ0n) is 10.1. The number of nitrogens with zero attached hydrogens (tertiary/aromatic N) is 1. The van der Waals surface area contributed by atoms with E-state index in [-0.39, 0.29) is 23.4 Å². The van der Waals surface area contributed by atoms with Gasteiger partial charge in [0.25, 0.3) is 0 Å². The molecule has 0 heterocycles. The summed E-state index contributed by atoms with van der Waals surface area (Å²) in [5, 5.41) is 10.7. The van der Waals surface area contributed by atoms with Crippen LogP contribution >= 0.6 is 0 Å². The normalized spacial score (nSPS) is 22.2. The molecule has 0 radical (unpaired) electrons. The van der Waals surface area contributed by atoms with Crippen molar-refractivity contribution in [1.82, 2.24) is 0 Å². The molecule has 0 bridgehead atoms. The van der Waals surface area contributed by atoms with Crippen molar-refractivity contribution in [2.75, 3.05) is 0 Å². The molecule has 17 heavy (non-hydrogen) atoms. The maximum Gasteiger partial charge on any atom is 0.232 e. The molecule has 1 fully saturated rings. The lowest BCUT2D eigenvalue weighted by molar-refractivity contribution is -0.510. The summed E-state index contributed by atoms with van der Waals surface area (Å²) in [7, 11) is 0. The third-order valence-corrected chi connectivity index (χ3v) is 3.10. The standard InChI is InChI=1S/C12H17NO4/c1-4-8(13(16)17)5-9-10(14)6-12(2,3)7-11(9)15/h4,8-9H,1,5-7H2,2-3H3. The van der Waals surface area contributed by atoms with Gasteiger partial charge in [0.05, 0.1) is 5.92 Å². The smallest absolute Gasteiger partial charge is 0.232 e. The predicted octanol–water partition coefficient (Wildman–Crippen LogP) is 1.78. The van der Waals surface area contributed by atoms with Gasteiger partial charge in [-0.15, -0.1) is 0 Å². The second-order valence-electron chi connectivity index (χ2n) is 5.33. The van der Waals surface area contributed by atoms with Crippen LogP contribution in [0.3, 0.4) is 0 Å². The zero-order valence-corrected chi connectivity index (χ0v) is 10.1. The van der Waals surface area contributed by atoms with Gasteiger partial charge in [-0.05, 0) is 11.5 Å². The Morgan fingerprint density at radius 1 is 1.47 bits per heavy atom. The number of carbonyl (C=O) groups is 2. The second-order valence-corrected chi connectivity index (χ2v) is 5.33. The Morgan fingerprint density at radius 2 is 1.94 bits per heavy atom. The highest BCUT2D eigenvalue weighted by Crippen LogP contribution is 2.35. The first-order valence-corrected chi connectivity index (χ1v) is 5.58. The van der Waals surface area contributed by atoms with Crippen LogP contribution in [0.4, 0.5) is 0 Å². The van der Waals surface area contributed by atoms with Crippen LogP contribution in [-0.4, -0.2) is 22.5 Å². The minimum Gasteiger partial charge on any atom is -0.299 e. The Morgan fingerprint density at radius 3 is 2.29 bits per heavy atom. The van der Waals surface area contributed by atoms with Crippen molar-refractivity contribution in [2.45, 2.75) is 39.2 Å². The molecule has 0 aliphatic heterocycles. The molecule has 1 saturated carbocycles. The monoisotopic (exact) mass is 239 g/mol. The van der Waals surface area contributed by atoms with E-state index in [0.29, 0.717) is 12.8 Å². The lowest BCUT2D eigenvalue weighted by atomic mass is 9.70. The number of Topliss-reactive ketones (excluding diaryl/α,β-unsaturated/α-hetero) is 2. The second kappa shape index (κ2) is 4.77. The van der Waals surface area contributed by atoms with E-state index in [9.17, 15) is 19.7 Å². The minimum absolute atomic E-state index is 0.0513. The molecule has 0 amide bonds. The van der Waals surface area contributed by atoms with E-state index in [4.69, 9.17) is 0 Å². The molecule has 5 heteroatoms.